The van der Waals surface area contributed by atoms with Crippen molar-refractivity contribution in [2.75, 3.05) is 44.2 Å². The lowest BCUT2D eigenvalue weighted by molar-refractivity contribution is -0.138. The summed E-state index contributed by atoms with van der Waals surface area (Å²) in [6.45, 7) is 5.80. The number of nitrogens with zero attached hydrogens (tertiary/aromatic N) is 5. The van der Waals surface area contributed by atoms with Crippen LogP contribution in [0.15, 0.2) is 29.1 Å². The Balaban J connectivity index is 1.53. The molecular formula is C21H27N5O3. The third-order valence-corrected chi connectivity index (χ3v) is 5.87. The summed E-state index contributed by atoms with van der Waals surface area (Å²) in [7, 11) is 0. The van der Waals surface area contributed by atoms with Crippen molar-refractivity contribution in [3.63, 3.8) is 0 Å². The van der Waals surface area contributed by atoms with E-state index >= 15 is 0 Å². The summed E-state index contributed by atoms with van der Waals surface area (Å²) in [5.74, 6) is 0.550. The van der Waals surface area contributed by atoms with Gasteiger partial charge in [0.1, 0.15) is 0 Å². The van der Waals surface area contributed by atoms with Crippen molar-refractivity contribution < 1.29 is 9.59 Å². The van der Waals surface area contributed by atoms with Crippen molar-refractivity contribution in [2.24, 2.45) is 0 Å². The normalized spacial score (nSPS) is 17.2. The molecule has 0 bridgehead atoms. The van der Waals surface area contributed by atoms with E-state index in [0.29, 0.717) is 38.5 Å². The lowest BCUT2D eigenvalue weighted by Gasteiger charge is -2.34. The maximum Gasteiger partial charge on any atom is 0.294 e. The zero-order chi connectivity index (χ0) is 20.4. The Kier molecular flexibility index (Phi) is 5.51. The predicted octanol–water partition coefficient (Wildman–Crippen LogP) is 1.08. The molecule has 0 unspecified atom stereocenters. The van der Waals surface area contributed by atoms with Crippen molar-refractivity contribution >= 4 is 28.7 Å². The molecule has 2 aliphatic rings. The summed E-state index contributed by atoms with van der Waals surface area (Å²) in [6.07, 6.45) is 2.39. The number of amides is 2. The highest BCUT2D eigenvalue weighted by Crippen LogP contribution is 2.18. The van der Waals surface area contributed by atoms with Crippen molar-refractivity contribution in [1.82, 2.24) is 19.4 Å². The van der Waals surface area contributed by atoms with Crippen molar-refractivity contribution in [2.45, 2.75) is 32.7 Å². The van der Waals surface area contributed by atoms with Gasteiger partial charge < -0.3 is 19.3 Å². The van der Waals surface area contributed by atoms with E-state index in [1.807, 2.05) is 29.2 Å². The highest BCUT2D eigenvalue weighted by molar-refractivity contribution is 5.79. The van der Waals surface area contributed by atoms with Gasteiger partial charge in [0, 0.05) is 59.2 Å². The number of benzene rings is 1. The summed E-state index contributed by atoms with van der Waals surface area (Å²) in [5.41, 5.74) is 1.41. The molecule has 8 nitrogen and oxygen atoms in total. The second-order valence-electron chi connectivity index (χ2n) is 7.71. The maximum absolute atomic E-state index is 13.2. The van der Waals surface area contributed by atoms with Crippen LogP contribution in [0.5, 0.6) is 0 Å². The minimum absolute atomic E-state index is 0.0173. The number of piperazine rings is 1. The Morgan fingerprint density at radius 2 is 1.62 bits per heavy atom. The smallest absolute Gasteiger partial charge is 0.294 e. The Hall–Kier alpha value is -2.90. The Labute approximate surface area is 169 Å². The molecule has 29 heavy (non-hydrogen) atoms. The third-order valence-electron chi connectivity index (χ3n) is 5.87. The number of para-hydroxylation sites is 2. The quantitative estimate of drug-likeness (QED) is 0.771. The summed E-state index contributed by atoms with van der Waals surface area (Å²) >= 11 is 0. The zero-order valence-corrected chi connectivity index (χ0v) is 16.8. The fraction of sp³-hybridized carbons (Fsp3) is 0.524. The number of hydrogen-bond donors (Lipinski definition) is 0. The molecule has 154 valence electrons. The number of rotatable bonds is 4. The Morgan fingerprint density at radius 1 is 0.966 bits per heavy atom. The minimum Gasteiger partial charge on any atom is -0.352 e. The second-order valence-corrected chi connectivity index (χ2v) is 7.71. The van der Waals surface area contributed by atoms with E-state index in [2.05, 4.69) is 4.98 Å². The zero-order valence-electron chi connectivity index (χ0n) is 16.8. The van der Waals surface area contributed by atoms with Crippen LogP contribution in [0.2, 0.25) is 0 Å². The molecule has 0 atom stereocenters. The predicted molar refractivity (Wildman–Crippen MR) is 111 cm³/mol. The van der Waals surface area contributed by atoms with Crippen LogP contribution in [0.3, 0.4) is 0 Å². The number of carbonyl (C=O) groups excluding carboxylic acids is 2. The average Bonchev–Trinajstić information content (AvgIpc) is 3.27. The maximum atomic E-state index is 13.2. The first-order valence-corrected chi connectivity index (χ1v) is 10.3. The van der Waals surface area contributed by atoms with Gasteiger partial charge in [-0.05, 0) is 25.0 Å². The molecule has 3 heterocycles. The SMILES string of the molecule is CC(=O)N1CCN(C(=O)CCn2c(=O)c(N3CCCC3)nc3ccccc32)CC1. The molecule has 0 aliphatic carbocycles. The number of fused-ring (bicyclic) bond motifs is 1. The average molecular weight is 397 g/mol. The Bertz CT molecular complexity index is 972. The molecule has 2 fully saturated rings. The van der Waals surface area contributed by atoms with Crippen molar-refractivity contribution in [1.29, 1.82) is 0 Å². The first kappa shape index (κ1) is 19.4. The van der Waals surface area contributed by atoms with Gasteiger partial charge in [0.2, 0.25) is 11.8 Å². The van der Waals surface area contributed by atoms with Gasteiger partial charge in [0.05, 0.1) is 11.0 Å². The molecule has 0 spiro atoms. The van der Waals surface area contributed by atoms with Crippen molar-refractivity contribution in [3.8, 4) is 0 Å². The largest absolute Gasteiger partial charge is 0.352 e. The molecular weight excluding hydrogens is 370 g/mol. The first-order valence-electron chi connectivity index (χ1n) is 10.3. The number of hydrogen-bond acceptors (Lipinski definition) is 5. The van der Waals surface area contributed by atoms with E-state index in [0.717, 1.165) is 37.0 Å². The van der Waals surface area contributed by atoms with Crippen LogP contribution in [0.4, 0.5) is 5.82 Å². The summed E-state index contributed by atoms with van der Waals surface area (Å²) in [5, 5.41) is 0. The van der Waals surface area contributed by atoms with Gasteiger partial charge in [-0.15, -0.1) is 0 Å². The van der Waals surface area contributed by atoms with Gasteiger partial charge in [0.25, 0.3) is 5.56 Å². The van der Waals surface area contributed by atoms with Crippen LogP contribution < -0.4 is 10.5 Å². The fourth-order valence-corrected chi connectivity index (χ4v) is 4.17. The van der Waals surface area contributed by atoms with Crippen LogP contribution in [-0.4, -0.2) is 70.4 Å². The molecule has 1 aromatic heterocycles. The Morgan fingerprint density at radius 3 is 2.31 bits per heavy atom. The summed E-state index contributed by atoms with van der Waals surface area (Å²) in [6, 6.07) is 7.59. The molecule has 8 heteroatoms. The van der Waals surface area contributed by atoms with E-state index in [4.69, 9.17) is 0 Å². The number of anilines is 1. The van der Waals surface area contributed by atoms with Gasteiger partial charge in [0.15, 0.2) is 5.82 Å². The topological polar surface area (TPSA) is 78.8 Å². The summed E-state index contributed by atoms with van der Waals surface area (Å²) < 4.78 is 1.69. The molecule has 0 radical (unpaired) electrons. The van der Waals surface area contributed by atoms with Crippen LogP contribution >= 0.6 is 0 Å². The number of aromatic nitrogens is 2. The van der Waals surface area contributed by atoms with Crippen LogP contribution in [0.1, 0.15) is 26.2 Å². The fourth-order valence-electron chi connectivity index (χ4n) is 4.17. The molecule has 0 saturated carbocycles. The van der Waals surface area contributed by atoms with Crippen LogP contribution in [0.25, 0.3) is 11.0 Å². The number of carbonyl (C=O) groups is 2. The highest BCUT2D eigenvalue weighted by atomic mass is 16.2. The monoisotopic (exact) mass is 397 g/mol. The van der Waals surface area contributed by atoms with E-state index < -0.39 is 0 Å². The third kappa shape index (κ3) is 3.97. The first-order chi connectivity index (χ1) is 14.0. The lowest BCUT2D eigenvalue weighted by Crippen LogP contribution is -2.50. The van der Waals surface area contributed by atoms with Gasteiger partial charge in [-0.2, -0.15) is 0 Å². The van der Waals surface area contributed by atoms with Gasteiger partial charge >= 0.3 is 0 Å². The van der Waals surface area contributed by atoms with Gasteiger partial charge in [-0.25, -0.2) is 4.98 Å². The molecule has 2 aromatic rings. The number of aryl methyl sites for hydroxylation is 1. The van der Waals surface area contributed by atoms with E-state index in [1.165, 1.54) is 0 Å². The lowest BCUT2D eigenvalue weighted by atomic mass is 10.2. The molecule has 2 amide bonds. The van der Waals surface area contributed by atoms with Crippen LogP contribution in [0, 0.1) is 0 Å². The van der Waals surface area contributed by atoms with Gasteiger partial charge in [-0.3, -0.25) is 14.4 Å². The molecule has 0 N–H and O–H groups in total. The highest BCUT2D eigenvalue weighted by Gasteiger charge is 2.23. The molecule has 1 aromatic carbocycles. The van der Waals surface area contributed by atoms with Gasteiger partial charge in [-0.1, -0.05) is 12.1 Å². The van der Waals surface area contributed by atoms with E-state index in [1.54, 1.807) is 21.3 Å². The van der Waals surface area contributed by atoms with E-state index in [-0.39, 0.29) is 23.8 Å². The molecule has 4 rings (SSSR count). The molecule has 2 aliphatic heterocycles. The standard InChI is InChI=1S/C21H27N5O3/c1-16(27)23-12-14-24(15-13-23)19(28)8-11-26-18-7-3-2-6-17(18)22-20(21(26)29)25-9-4-5-10-25/h2-3,6-7H,4-5,8-15H2,1H3. The van der Waals surface area contributed by atoms with Crippen molar-refractivity contribution in [3.05, 3.63) is 34.6 Å². The van der Waals surface area contributed by atoms with E-state index in [9.17, 15) is 14.4 Å². The minimum atomic E-state index is -0.125. The second kappa shape index (κ2) is 8.23. The summed E-state index contributed by atoms with van der Waals surface area (Å²) in [4.78, 5) is 47.6. The molecule has 2 saturated heterocycles. The van der Waals surface area contributed by atoms with Crippen LogP contribution in [-0.2, 0) is 16.1 Å².